The van der Waals surface area contributed by atoms with Crippen LogP contribution in [-0.2, 0) is 14.4 Å². The van der Waals surface area contributed by atoms with Gasteiger partial charge in [-0.3, -0.25) is 48.6 Å². The summed E-state index contributed by atoms with van der Waals surface area (Å²) in [4.78, 5) is 110. The number of piperidine rings is 1. The highest BCUT2D eigenvalue weighted by molar-refractivity contribution is 6.24. The summed E-state index contributed by atoms with van der Waals surface area (Å²) < 4.78 is 50.0. The molecule has 64 heavy (non-hydrogen) atoms. The zero-order chi connectivity index (χ0) is 45.7. The van der Waals surface area contributed by atoms with Crippen LogP contribution in [0.5, 0.6) is 5.75 Å². The molecule has 5 heterocycles. The van der Waals surface area contributed by atoms with Crippen molar-refractivity contribution in [3.8, 4) is 22.9 Å². The second-order valence-electron chi connectivity index (χ2n) is 14.0. The molecule has 0 radical (unpaired) electrons. The number of aromatic nitrogens is 4. The SMILES string of the molecule is NC(=O)c1nn(-c2ccc(C(=O)NCCCNC(=O)COc3cccc4c3C(=O)N(C3CCC(=O)NC3=O)C4=O)cc2)cc1NC(=O)c1coc(-c2ccnc(NCC(F)(F)F)c2)n1. The topological polar surface area (TPSA) is 292 Å². The van der Waals surface area contributed by atoms with E-state index in [1.807, 2.05) is 0 Å². The molecule has 1 atom stereocenters. The lowest BCUT2D eigenvalue weighted by Crippen LogP contribution is -2.54. The molecule has 3 aromatic heterocycles. The van der Waals surface area contributed by atoms with Crippen LogP contribution in [0.25, 0.3) is 17.1 Å². The molecule has 2 aromatic carbocycles. The summed E-state index contributed by atoms with van der Waals surface area (Å²) in [7, 11) is 0. The smallest absolute Gasteiger partial charge is 0.405 e. The Hall–Kier alpha value is -8.44. The molecule has 5 aromatic rings. The van der Waals surface area contributed by atoms with Crippen molar-refractivity contribution >= 4 is 58.8 Å². The summed E-state index contributed by atoms with van der Waals surface area (Å²) in [6.07, 6.45) is -0.660. The van der Waals surface area contributed by atoms with Crippen molar-refractivity contribution in [1.82, 2.24) is 40.6 Å². The fourth-order valence-electron chi connectivity index (χ4n) is 6.51. The van der Waals surface area contributed by atoms with Gasteiger partial charge in [-0.1, -0.05) is 6.07 Å². The highest BCUT2D eigenvalue weighted by atomic mass is 19.4. The standard InChI is InChI=1S/C40H34F3N11O10/c41-40(42,43)19-48-28-15-21(11-14-45-28)37-50-25(17-64-37)35(59)49-24-16-53(52-32(24)33(44)57)22-7-5-20(6-8-22)34(58)47-13-2-12-46-30(56)18-63-27-4-1-3-23-31(27)39(62)54(38(23)61)26-9-10-29(55)51-36(26)60/h1,3-8,11,14-17,26H,2,9-10,12-13,18-19H2,(H2,44,57)(H,45,48)(H,46,56)(H,47,58)(H,49,59)(H,51,55,60). The molecular weight excluding hydrogens is 852 g/mol. The van der Waals surface area contributed by atoms with Gasteiger partial charge in [0.05, 0.1) is 28.7 Å². The average Bonchev–Trinajstić information content (AvgIpc) is 3.99. The van der Waals surface area contributed by atoms with Crippen molar-refractivity contribution in [3.63, 3.8) is 0 Å². The third-order valence-electron chi connectivity index (χ3n) is 9.55. The molecule has 24 heteroatoms. The van der Waals surface area contributed by atoms with E-state index >= 15 is 0 Å². The third kappa shape index (κ3) is 9.85. The highest BCUT2D eigenvalue weighted by Crippen LogP contribution is 2.34. The largest absolute Gasteiger partial charge is 0.483 e. The predicted molar refractivity (Wildman–Crippen MR) is 213 cm³/mol. The van der Waals surface area contributed by atoms with Crippen LogP contribution in [0.2, 0.25) is 0 Å². The Kier molecular flexibility index (Phi) is 12.5. The number of ether oxygens (including phenoxy) is 1. The van der Waals surface area contributed by atoms with Crippen LogP contribution >= 0.6 is 0 Å². The number of hydrogen-bond donors (Lipinski definition) is 6. The van der Waals surface area contributed by atoms with Crippen LogP contribution in [0.15, 0.2) is 77.7 Å². The Bertz CT molecular complexity index is 2700. The van der Waals surface area contributed by atoms with E-state index in [0.29, 0.717) is 12.1 Å². The van der Waals surface area contributed by atoms with Gasteiger partial charge in [0.15, 0.2) is 18.0 Å². The van der Waals surface area contributed by atoms with E-state index in [4.69, 9.17) is 14.9 Å². The van der Waals surface area contributed by atoms with Gasteiger partial charge in [-0.15, -0.1) is 0 Å². The van der Waals surface area contributed by atoms with Gasteiger partial charge in [-0.05, 0) is 61.4 Å². The second kappa shape index (κ2) is 18.3. The summed E-state index contributed by atoms with van der Waals surface area (Å²) in [6.45, 7) is -1.51. The zero-order valence-electron chi connectivity index (χ0n) is 33.0. The number of fused-ring (bicyclic) bond motifs is 1. The monoisotopic (exact) mass is 885 g/mol. The minimum atomic E-state index is -4.48. The number of nitrogens with zero attached hydrogens (tertiary/aromatic N) is 5. The maximum absolute atomic E-state index is 13.2. The molecule has 330 valence electrons. The Morgan fingerprint density at radius 3 is 2.47 bits per heavy atom. The van der Waals surface area contributed by atoms with E-state index in [1.165, 1.54) is 71.7 Å². The van der Waals surface area contributed by atoms with Crippen molar-refractivity contribution in [2.24, 2.45) is 5.73 Å². The number of pyridine rings is 1. The molecule has 2 aliphatic rings. The lowest BCUT2D eigenvalue weighted by atomic mass is 10.0. The van der Waals surface area contributed by atoms with Gasteiger partial charge >= 0.3 is 6.18 Å². The molecule has 0 aliphatic carbocycles. The second-order valence-corrected chi connectivity index (χ2v) is 14.0. The van der Waals surface area contributed by atoms with E-state index < -0.39 is 72.6 Å². The molecule has 0 bridgehead atoms. The zero-order valence-corrected chi connectivity index (χ0v) is 33.0. The molecule has 2 aliphatic heterocycles. The molecule has 7 N–H and O–H groups in total. The van der Waals surface area contributed by atoms with E-state index in [9.17, 15) is 51.5 Å². The fourth-order valence-corrected chi connectivity index (χ4v) is 6.51. The van der Waals surface area contributed by atoms with Crippen molar-refractivity contribution in [2.45, 2.75) is 31.5 Å². The first-order valence-corrected chi connectivity index (χ1v) is 19.1. The number of rotatable bonds is 16. The number of benzene rings is 2. The van der Waals surface area contributed by atoms with E-state index in [1.54, 1.807) is 0 Å². The van der Waals surface area contributed by atoms with Crippen molar-refractivity contribution in [1.29, 1.82) is 0 Å². The highest BCUT2D eigenvalue weighted by Gasteiger charge is 2.46. The fraction of sp³-hybridized carbons (Fsp3) is 0.225. The van der Waals surface area contributed by atoms with Crippen LogP contribution in [-0.4, -0.2) is 110 Å². The number of nitrogens with two attached hydrogens (primary N) is 1. The predicted octanol–water partition coefficient (Wildman–Crippen LogP) is 1.96. The summed E-state index contributed by atoms with van der Waals surface area (Å²) in [5, 5.41) is 16.3. The summed E-state index contributed by atoms with van der Waals surface area (Å²) >= 11 is 0. The number of amides is 8. The molecule has 1 unspecified atom stereocenters. The quantitative estimate of drug-likeness (QED) is 0.0610. The van der Waals surface area contributed by atoms with Crippen LogP contribution in [0.3, 0.4) is 0 Å². The van der Waals surface area contributed by atoms with Gasteiger partial charge in [-0.25, -0.2) is 14.6 Å². The molecule has 1 fully saturated rings. The number of alkyl halides is 3. The number of imide groups is 2. The van der Waals surface area contributed by atoms with Gasteiger partial charge in [0.25, 0.3) is 35.4 Å². The van der Waals surface area contributed by atoms with Crippen LogP contribution in [0.4, 0.5) is 24.7 Å². The number of halogens is 3. The molecule has 0 spiro atoms. The number of oxazole rings is 1. The Morgan fingerprint density at radius 1 is 0.969 bits per heavy atom. The number of carbonyl (C=O) groups is 8. The summed E-state index contributed by atoms with van der Waals surface area (Å²) in [5.41, 5.74) is 5.65. The van der Waals surface area contributed by atoms with E-state index in [-0.39, 0.29) is 82.7 Å². The first-order chi connectivity index (χ1) is 30.6. The Labute approximate surface area is 357 Å². The molecule has 21 nitrogen and oxygen atoms in total. The van der Waals surface area contributed by atoms with Gasteiger partial charge < -0.3 is 36.2 Å². The molecule has 1 saturated heterocycles. The van der Waals surface area contributed by atoms with E-state index in [2.05, 4.69) is 41.7 Å². The summed E-state index contributed by atoms with van der Waals surface area (Å²) in [6, 6.07) is 11.8. The Balaban J connectivity index is 0.869. The van der Waals surface area contributed by atoms with Gasteiger partial charge in [0.1, 0.15) is 30.4 Å². The number of primary amides is 1. The van der Waals surface area contributed by atoms with Crippen molar-refractivity contribution < 1.29 is 60.7 Å². The number of anilines is 2. The minimum absolute atomic E-state index is 0.00132. The van der Waals surface area contributed by atoms with Gasteiger partial charge in [-0.2, -0.15) is 18.3 Å². The van der Waals surface area contributed by atoms with Crippen molar-refractivity contribution in [2.75, 3.05) is 36.9 Å². The van der Waals surface area contributed by atoms with Gasteiger partial charge in [0, 0.05) is 36.8 Å². The number of nitrogens with one attached hydrogen (secondary N) is 5. The molecule has 0 saturated carbocycles. The average molecular weight is 886 g/mol. The first kappa shape index (κ1) is 43.6. The molecule has 8 amide bonds. The molecular formula is C40H34F3N11O10. The van der Waals surface area contributed by atoms with Gasteiger partial charge in [0.2, 0.25) is 17.7 Å². The van der Waals surface area contributed by atoms with Crippen LogP contribution in [0, 0.1) is 0 Å². The maximum Gasteiger partial charge on any atom is 0.405 e. The molecule has 7 rings (SSSR count). The first-order valence-electron chi connectivity index (χ1n) is 19.1. The number of hydrogen-bond acceptors (Lipinski definition) is 14. The maximum atomic E-state index is 13.2. The van der Waals surface area contributed by atoms with Crippen LogP contribution in [0.1, 0.15) is 71.3 Å². The third-order valence-corrected chi connectivity index (χ3v) is 9.55. The number of carbonyl (C=O) groups excluding carboxylic acids is 8. The Morgan fingerprint density at radius 2 is 1.73 bits per heavy atom. The van der Waals surface area contributed by atoms with Crippen molar-refractivity contribution in [3.05, 3.63) is 101 Å². The van der Waals surface area contributed by atoms with Crippen LogP contribution < -0.4 is 37.1 Å². The lowest BCUT2D eigenvalue weighted by Gasteiger charge is -2.27. The lowest BCUT2D eigenvalue weighted by molar-refractivity contribution is -0.136. The normalized spacial score (nSPS) is 14.7. The minimum Gasteiger partial charge on any atom is -0.483 e. The van der Waals surface area contributed by atoms with E-state index in [0.717, 1.165) is 11.2 Å². The summed E-state index contributed by atoms with van der Waals surface area (Å²) in [5.74, 6) is -5.77.